The van der Waals surface area contributed by atoms with E-state index in [2.05, 4.69) is 9.97 Å². The van der Waals surface area contributed by atoms with Gasteiger partial charge in [-0.1, -0.05) is 6.07 Å². The van der Waals surface area contributed by atoms with Gasteiger partial charge in [0, 0.05) is 17.1 Å². The highest BCUT2D eigenvalue weighted by molar-refractivity contribution is 7.15. The van der Waals surface area contributed by atoms with E-state index >= 15 is 0 Å². The zero-order chi connectivity index (χ0) is 18.1. The molecule has 0 N–H and O–H groups in total. The summed E-state index contributed by atoms with van der Waals surface area (Å²) in [5, 5.41) is 0.613. The first kappa shape index (κ1) is 16.2. The van der Waals surface area contributed by atoms with Crippen LogP contribution in [0.15, 0.2) is 58.1 Å². The number of pyridine rings is 1. The molecule has 4 heterocycles. The van der Waals surface area contributed by atoms with Gasteiger partial charge >= 0.3 is 5.97 Å². The number of aromatic nitrogens is 3. The Morgan fingerprint density at radius 2 is 2.15 bits per heavy atom. The normalized spacial score (nSPS) is 11.0. The fourth-order valence-corrected chi connectivity index (χ4v) is 3.35. The van der Waals surface area contributed by atoms with Crippen molar-refractivity contribution in [1.29, 1.82) is 0 Å². The highest BCUT2D eigenvalue weighted by atomic mass is 32.1. The van der Waals surface area contributed by atoms with E-state index in [1.807, 2.05) is 0 Å². The summed E-state index contributed by atoms with van der Waals surface area (Å²) in [5.41, 5.74) is 0.884. The van der Waals surface area contributed by atoms with Gasteiger partial charge in [0.05, 0.1) is 12.0 Å². The lowest BCUT2D eigenvalue weighted by atomic mass is 10.3. The van der Waals surface area contributed by atoms with Gasteiger partial charge in [0.2, 0.25) is 0 Å². The lowest BCUT2D eigenvalue weighted by Gasteiger charge is -2.05. The van der Waals surface area contributed by atoms with Crippen molar-refractivity contribution in [2.45, 2.75) is 13.5 Å². The monoisotopic (exact) mass is 367 g/mol. The largest absolute Gasteiger partial charge is 0.462 e. The number of nitrogens with zero attached hydrogens (tertiary/aromatic N) is 3. The third kappa shape index (κ3) is 3.02. The van der Waals surface area contributed by atoms with Crippen LogP contribution in [0.3, 0.4) is 0 Å². The maximum Gasteiger partial charge on any atom is 0.358 e. The predicted molar refractivity (Wildman–Crippen MR) is 95.1 cm³/mol. The summed E-state index contributed by atoms with van der Waals surface area (Å²) in [6.45, 7) is 1.69. The summed E-state index contributed by atoms with van der Waals surface area (Å²) in [7, 11) is 0. The molecule has 4 rings (SSSR count). The van der Waals surface area contributed by atoms with Crippen molar-refractivity contribution >= 4 is 23.0 Å². The topological polar surface area (TPSA) is 86.7 Å². The van der Waals surface area contributed by atoms with Crippen LogP contribution in [-0.2, 0) is 11.3 Å². The molecule has 4 aromatic heterocycles. The summed E-state index contributed by atoms with van der Waals surface area (Å²) in [6.07, 6.45) is 3.18. The Kier molecular flexibility index (Phi) is 4.10. The van der Waals surface area contributed by atoms with E-state index in [1.165, 1.54) is 21.8 Å². The van der Waals surface area contributed by atoms with Gasteiger partial charge in [-0.15, -0.1) is 11.3 Å². The standard InChI is InChI=1S/C18H13N3O4S/c1-11-16(20-17(26-11)13-5-4-8-24-13)18(23)25-10-12-9-15(22)21-7-3-2-6-14(21)19-12/h2-9H,10H2,1H3. The average Bonchev–Trinajstić information content (AvgIpc) is 3.29. The molecule has 0 unspecified atom stereocenters. The van der Waals surface area contributed by atoms with Gasteiger partial charge < -0.3 is 9.15 Å². The van der Waals surface area contributed by atoms with Crippen molar-refractivity contribution in [2.75, 3.05) is 0 Å². The minimum absolute atomic E-state index is 0.105. The number of carbonyl (C=O) groups excluding carboxylic acids is 1. The van der Waals surface area contributed by atoms with Crippen molar-refractivity contribution in [3.05, 3.63) is 75.5 Å². The van der Waals surface area contributed by atoms with Crippen LogP contribution in [0, 0.1) is 6.92 Å². The molecule has 0 amide bonds. The minimum Gasteiger partial charge on any atom is -0.462 e. The van der Waals surface area contributed by atoms with E-state index in [0.29, 0.717) is 22.1 Å². The Bertz CT molecular complexity index is 1140. The van der Waals surface area contributed by atoms with Gasteiger partial charge in [0.25, 0.3) is 5.56 Å². The number of hydrogen-bond donors (Lipinski definition) is 0. The molecular formula is C18H13N3O4S. The molecule has 0 bridgehead atoms. The van der Waals surface area contributed by atoms with Crippen LogP contribution >= 0.6 is 11.3 Å². The predicted octanol–water partition coefficient (Wildman–Crippen LogP) is 3.08. The summed E-state index contributed by atoms with van der Waals surface area (Å²) >= 11 is 1.35. The lowest BCUT2D eigenvalue weighted by Crippen LogP contribution is -2.16. The summed E-state index contributed by atoms with van der Waals surface area (Å²) in [6, 6.07) is 10.1. The number of rotatable bonds is 4. The van der Waals surface area contributed by atoms with Gasteiger partial charge in [-0.05, 0) is 31.2 Å². The first-order valence-electron chi connectivity index (χ1n) is 7.77. The van der Waals surface area contributed by atoms with Gasteiger partial charge in [0.15, 0.2) is 16.5 Å². The molecule has 8 heteroatoms. The van der Waals surface area contributed by atoms with Crippen LogP contribution < -0.4 is 5.56 Å². The number of carbonyl (C=O) groups is 1. The van der Waals surface area contributed by atoms with Crippen molar-refractivity contribution in [1.82, 2.24) is 14.4 Å². The number of ether oxygens (including phenoxy) is 1. The number of furan rings is 1. The zero-order valence-corrected chi connectivity index (χ0v) is 14.5. The Hall–Kier alpha value is -3.26. The van der Waals surface area contributed by atoms with Gasteiger partial charge in [0.1, 0.15) is 12.3 Å². The molecule has 0 radical (unpaired) electrons. The number of esters is 1. The molecule has 0 aliphatic rings. The van der Waals surface area contributed by atoms with E-state index in [4.69, 9.17) is 9.15 Å². The summed E-state index contributed by atoms with van der Waals surface area (Å²) in [4.78, 5) is 33.8. The van der Waals surface area contributed by atoms with Crippen LogP contribution in [0.5, 0.6) is 0 Å². The molecule has 0 atom stereocenters. The highest BCUT2D eigenvalue weighted by Crippen LogP contribution is 2.28. The number of hydrogen-bond acceptors (Lipinski definition) is 7. The second-order valence-corrected chi connectivity index (χ2v) is 6.69. The SMILES string of the molecule is Cc1sc(-c2ccco2)nc1C(=O)OCc1cc(=O)n2ccccc2n1. The average molecular weight is 367 g/mol. The Morgan fingerprint density at radius 3 is 2.96 bits per heavy atom. The molecular weight excluding hydrogens is 354 g/mol. The zero-order valence-electron chi connectivity index (χ0n) is 13.7. The smallest absolute Gasteiger partial charge is 0.358 e. The molecule has 0 aliphatic carbocycles. The third-order valence-corrected chi connectivity index (χ3v) is 4.68. The van der Waals surface area contributed by atoms with Gasteiger partial charge in [-0.3, -0.25) is 9.20 Å². The molecule has 7 nitrogen and oxygen atoms in total. The number of aryl methyl sites for hydroxylation is 1. The van der Waals surface area contributed by atoms with Crippen molar-refractivity contribution in [2.24, 2.45) is 0 Å². The maximum absolute atomic E-state index is 12.4. The first-order valence-corrected chi connectivity index (χ1v) is 8.59. The molecule has 4 aromatic rings. The molecule has 0 aliphatic heterocycles. The summed E-state index contributed by atoms with van der Waals surface area (Å²) in [5.74, 6) is 0.0352. The van der Waals surface area contributed by atoms with E-state index in [0.717, 1.165) is 4.88 Å². The van der Waals surface area contributed by atoms with E-state index in [-0.39, 0.29) is 17.9 Å². The minimum atomic E-state index is -0.563. The lowest BCUT2D eigenvalue weighted by molar-refractivity contribution is 0.0461. The van der Waals surface area contributed by atoms with E-state index < -0.39 is 5.97 Å². The maximum atomic E-state index is 12.4. The Balaban J connectivity index is 1.53. The highest BCUT2D eigenvalue weighted by Gasteiger charge is 2.19. The number of thiazole rings is 1. The van der Waals surface area contributed by atoms with Crippen molar-refractivity contribution in [3.63, 3.8) is 0 Å². The van der Waals surface area contributed by atoms with Crippen LogP contribution in [0.4, 0.5) is 0 Å². The second kappa shape index (κ2) is 6.57. The van der Waals surface area contributed by atoms with Gasteiger partial charge in [-0.2, -0.15) is 0 Å². The van der Waals surface area contributed by atoms with Gasteiger partial charge in [-0.25, -0.2) is 14.8 Å². The third-order valence-electron chi connectivity index (χ3n) is 3.70. The van der Waals surface area contributed by atoms with Crippen LogP contribution in [0.25, 0.3) is 16.4 Å². The molecule has 0 saturated carbocycles. The van der Waals surface area contributed by atoms with Crippen molar-refractivity contribution in [3.8, 4) is 10.8 Å². The fourth-order valence-electron chi connectivity index (χ4n) is 2.48. The molecule has 0 fully saturated rings. The summed E-state index contributed by atoms with van der Waals surface area (Å²) < 4.78 is 12.0. The molecule has 0 saturated heterocycles. The molecule has 26 heavy (non-hydrogen) atoms. The fraction of sp³-hybridized carbons (Fsp3) is 0.111. The molecule has 0 spiro atoms. The van der Waals surface area contributed by atoms with Crippen LogP contribution in [-0.4, -0.2) is 20.3 Å². The van der Waals surface area contributed by atoms with Crippen LogP contribution in [0.1, 0.15) is 21.1 Å². The Labute approximate surface area is 151 Å². The first-order chi connectivity index (χ1) is 12.6. The number of fused-ring (bicyclic) bond motifs is 1. The quantitative estimate of drug-likeness (QED) is 0.515. The second-order valence-electron chi connectivity index (χ2n) is 5.49. The van der Waals surface area contributed by atoms with E-state index in [9.17, 15) is 9.59 Å². The van der Waals surface area contributed by atoms with E-state index in [1.54, 1.807) is 49.7 Å². The Morgan fingerprint density at radius 1 is 1.27 bits per heavy atom. The van der Waals surface area contributed by atoms with Crippen molar-refractivity contribution < 1.29 is 13.9 Å². The molecule has 130 valence electrons. The molecule has 0 aromatic carbocycles. The van der Waals surface area contributed by atoms with Crippen LogP contribution in [0.2, 0.25) is 0 Å².